The summed E-state index contributed by atoms with van der Waals surface area (Å²) in [6.07, 6.45) is 0. The predicted molar refractivity (Wildman–Crippen MR) is 230 cm³/mol. The molecule has 0 aliphatic rings. The number of hydrogen-bond acceptors (Lipinski definition) is 5. The lowest BCUT2D eigenvalue weighted by atomic mass is 9.99. The quantitative estimate of drug-likeness (QED) is 0.176. The summed E-state index contributed by atoms with van der Waals surface area (Å²) in [7, 11) is 0. The van der Waals surface area contributed by atoms with E-state index in [1.807, 2.05) is 66.7 Å². The second-order valence-electron chi connectivity index (χ2n) is 14.4. The van der Waals surface area contributed by atoms with Gasteiger partial charge in [0, 0.05) is 60.8 Å². The van der Waals surface area contributed by atoms with E-state index in [4.69, 9.17) is 23.8 Å². The van der Waals surface area contributed by atoms with Gasteiger partial charge >= 0.3 is 0 Å². The van der Waals surface area contributed by atoms with Crippen LogP contribution in [0, 0.1) is 0 Å². The van der Waals surface area contributed by atoms with Crippen molar-refractivity contribution in [1.29, 1.82) is 0 Å². The summed E-state index contributed by atoms with van der Waals surface area (Å²) in [6.45, 7) is 0. The molecule has 0 spiro atoms. The van der Waals surface area contributed by atoms with Crippen LogP contribution in [0.4, 0.5) is 0 Å². The highest BCUT2D eigenvalue weighted by Gasteiger charge is 2.20. The van der Waals surface area contributed by atoms with Crippen molar-refractivity contribution in [2.24, 2.45) is 0 Å². The van der Waals surface area contributed by atoms with Gasteiger partial charge in [-0.15, -0.1) is 0 Å². The summed E-state index contributed by atoms with van der Waals surface area (Å²) in [4.78, 5) is 15.4. The molecule has 0 aliphatic carbocycles. The molecule has 8 aromatic carbocycles. The Labute approximate surface area is 325 Å². The number of fused-ring (bicyclic) bond motifs is 9. The van der Waals surface area contributed by atoms with Gasteiger partial charge in [0.25, 0.3) is 0 Å². The van der Waals surface area contributed by atoms with Crippen LogP contribution in [-0.4, -0.2) is 19.5 Å². The first-order valence-corrected chi connectivity index (χ1v) is 19.0. The molecule has 4 heterocycles. The minimum absolute atomic E-state index is 0.591. The maximum atomic E-state index is 6.55. The monoisotopic (exact) mass is 730 g/mol. The molecular weight excluding hydrogens is 701 g/mol. The zero-order valence-electron chi connectivity index (χ0n) is 30.4. The number of hydrogen-bond donors (Lipinski definition) is 0. The van der Waals surface area contributed by atoms with Crippen molar-refractivity contribution < 1.29 is 8.83 Å². The second kappa shape index (κ2) is 12.3. The van der Waals surface area contributed by atoms with E-state index in [0.29, 0.717) is 17.5 Å². The Balaban J connectivity index is 1.04. The molecule has 0 saturated heterocycles. The number of benzene rings is 8. The molecule has 0 radical (unpaired) electrons. The van der Waals surface area contributed by atoms with E-state index in [-0.39, 0.29) is 0 Å². The topological polar surface area (TPSA) is 69.9 Å². The lowest BCUT2D eigenvalue weighted by Gasteiger charge is -2.10. The van der Waals surface area contributed by atoms with Gasteiger partial charge in [0.1, 0.15) is 22.3 Å². The minimum Gasteiger partial charge on any atom is -0.456 e. The van der Waals surface area contributed by atoms with E-state index in [1.54, 1.807) is 0 Å². The number of furan rings is 2. The third kappa shape index (κ3) is 4.94. The second-order valence-corrected chi connectivity index (χ2v) is 14.4. The maximum absolute atomic E-state index is 6.55. The fourth-order valence-electron chi connectivity index (χ4n) is 8.50. The molecule has 0 aliphatic heterocycles. The molecule has 266 valence electrons. The Hall–Kier alpha value is -7.83. The van der Waals surface area contributed by atoms with Crippen LogP contribution in [0.5, 0.6) is 0 Å². The summed E-state index contributed by atoms with van der Waals surface area (Å²) in [5, 5.41) is 6.47. The molecule has 12 rings (SSSR count). The lowest BCUT2D eigenvalue weighted by molar-refractivity contribution is 0.668. The van der Waals surface area contributed by atoms with E-state index in [0.717, 1.165) is 93.6 Å². The van der Waals surface area contributed by atoms with E-state index in [1.165, 1.54) is 5.56 Å². The fraction of sp³-hybridized carbons (Fsp3) is 0. The van der Waals surface area contributed by atoms with Gasteiger partial charge in [-0.2, -0.15) is 0 Å². The first kappa shape index (κ1) is 31.5. The highest BCUT2D eigenvalue weighted by atomic mass is 16.3. The highest BCUT2D eigenvalue weighted by Crippen LogP contribution is 2.41. The predicted octanol–water partition coefficient (Wildman–Crippen LogP) is 13.4. The number of para-hydroxylation sites is 2. The Morgan fingerprint density at radius 2 is 0.912 bits per heavy atom. The molecule has 0 saturated carbocycles. The van der Waals surface area contributed by atoms with Crippen molar-refractivity contribution >= 4 is 65.7 Å². The van der Waals surface area contributed by atoms with Gasteiger partial charge < -0.3 is 13.4 Å². The summed E-state index contributed by atoms with van der Waals surface area (Å²) < 4.78 is 15.1. The molecule has 0 amide bonds. The number of aromatic nitrogens is 4. The SMILES string of the molecule is c1ccc(-c2nc(-c3ccc4c(c3)c3ccccc3n4-c3ccc4c(c3)oc3cccc(-c5ccccc5)c34)nc(-c3cccc4oc5ccccc5c34)n2)cc1. The lowest BCUT2D eigenvalue weighted by Crippen LogP contribution is -2.00. The Bertz CT molecular complexity index is 3530. The Kier molecular flexibility index (Phi) is 6.83. The highest BCUT2D eigenvalue weighted by molar-refractivity contribution is 6.14. The van der Waals surface area contributed by atoms with Gasteiger partial charge in [-0.1, -0.05) is 121 Å². The van der Waals surface area contributed by atoms with E-state index in [2.05, 4.69) is 120 Å². The summed E-state index contributed by atoms with van der Waals surface area (Å²) in [5.74, 6) is 1.80. The summed E-state index contributed by atoms with van der Waals surface area (Å²) in [5.41, 5.74) is 11.6. The van der Waals surface area contributed by atoms with E-state index < -0.39 is 0 Å². The molecule has 0 atom stereocenters. The van der Waals surface area contributed by atoms with Gasteiger partial charge in [-0.25, -0.2) is 15.0 Å². The molecule has 0 fully saturated rings. The van der Waals surface area contributed by atoms with Crippen LogP contribution >= 0.6 is 0 Å². The van der Waals surface area contributed by atoms with E-state index in [9.17, 15) is 0 Å². The van der Waals surface area contributed by atoms with Crippen LogP contribution in [0.25, 0.3) is 117 Å². The first-order chi connectivity index (χ1) is 28.2. The molecule has 0 N–H and O–H groups in total. The van der Waals surface area contributed by atoms with E-state index >= 15 is 0 Å². The standard InChI is InChI=1S/C51H30N4O2/c1-3-13-31(14-4-1)35-19-11-23-44-47(35)38-27-26-34(30-46(38)57-44)55-41-21-9-7-17-36(41)40-29-33(25-28-42(40)55)50-52-49(32-15-5-2-6-16-32)53-51(54-50)39-20-12-24-45-48(39)37-18-8-10-22-43(37)56-45/h1-30H. The third-order valence-electron chi connectivity index (χ3n) is 11.1. The van der Waals surface area contributed by atoms with Crippen LogP contribution in [0.3, 0.4) is 0 Å². The van der Waals surface area contributed by atoms with Crippen molar-refractivity contribution in [1.82, 2.24) is 19.5 Å². The van der Waals surface area contributed by atoms with Crippen LogP contribution in [-0.2, 0) is 0 Å². The molecule has 57 heavy (non-hydrogen) atoms. The average Bonchev–Trinajstić information content (AvgIpc) is 3.96. The smallest absolute Gasteiger partial charge is 0.164 e. The summed E-state index contributed by atoms with van der Waals surface area (Å²) in [6, 6.07) is 62.6. The zero-order chi connectivity index (χ0) is 37.5. The zero-order valence-corrected chi connectivity index (χ0v) is 30.4. The van der Waals surface area contributed by atoms with Crippen molar-refractivity contribution in [3.63, 3.8) is 0 Å². The van der Waals surface area contributed by atoms with Crippen molar-refractivity contribution in [2.75, 3.05) is 0 Å². The average molecular weight is 731 g/mol. The molecule has 0 unspecified atom stereocenters. The van der Waals surface area contributed by atoms with Crippen molar-refractivity contribution in [3.8, 4) is 51.0 Å². The normalized spacial score (nSPS) is 11.9. The van der Waals surface area contributed by atoms with Crippen LogP contribution in [0.1, 0.15) is 0 Å². The fourth-order valence-corrected chi connectivity index (χ4v) is 8.50. The van der Waals surface area contributed by atoms with Gasteiger partial charge in [0.15, 0.2) is 17.5 Å². The Morgan fingerprint density at radius 3 is 1.72 bits per heavy atom. The van der Waals surface area contributed by atoms with Crippen molar-refractivity contribution in [3.05, 3.63) is 182 Å². The molecule has 6 nitrogen and oxygen atoms in total. The van der Waals surface area contributed by atoms with Gasteiger partial charge in [0.05, 0.1) is 11.0 Å². The molecule has 6 heteroatoms. The molecule has 4 aromatic heterocycles. The van der Waals surface area contributed by atoms with Gasteiger partial charge in [-0.05, 0) is 65.7 Å². The number of nitrogens with zero attached hydrogens (tertiary/aromatic N) is 4. The minimum atomic E-state index is 0.591. The maximum Gasteiger partial charge on any atom is 0.164 e. The largest absolute Gasteiger partial charge is 0.456 e. The van der Waals surface area contributed by atoms with Gasteiger partial charge in [0.2, 0.25) is 0 Å². The molecule has 12 aromatic rings. The van der Waals surface area contributed by atoms with Gasteiger partial charge in [-0.3, -0.25) is 0 Å². The summed E-state index contributed by atoms with van der Waals surface area (Å²) >= 11 is 0. The first-order valence-electron chi connectivity index (χ1n) is 19.0. The molecule has 0 bridgehead atoms. The third-order valence-corrected chi connectivity index (χ3v) is 11.1. The van der Waals surface area contributed by atoms with Crippen LogP contribution in [0.15, 0.2) is 191 Å². The number of rotatable bonds is 5. The van der Waals surface area contributed by atoms with Crippen LogP contribution in [0.2, 0.25) is 0 Å². The Morgan fingerprint density at radius 1 is 0.333 bits per heavy atom. The van der Waals surface area contributed by atoms with Crippen molar-refractivity contribution in [2.45, 2.75) is 0 Å². The molecular formula is C51H30N4O2. The van der Waals surface area contributed by atoms with Crippen LogP contribution < -0.4 is 0 Å².